The molecule has 2 rings (SSSR count). The van der Waals surface area contributed by atoms with Crippen LogP contribution in [0.5, 0.6) is 5.75 Å². The van der Waals surface area contributed by atoms with Crippen LogP contribution in [-0.2, 0) is 16.8 Å². The minimum Gasteiger partial charge on any atom is -0.481 e. The second-order valence-corrected chi connectivity index (χ2v) is 7.05. The SMILES string of the molecule is CC(Oc1ccc(C(C)(C)C)cc1)C(=O)N(C)Cc1ccccn1. The molecule has 0 aliphatic heterocycles. The van der Waals surface area contributed by atoms with Crippen molar-refractivity contribution in [3.05, 3.63) is 59.9 Å². The second kappa shape index (κ2) is 7.47. The van der Waals surface area contributed by atoms with E-state index in [9.17, 15) is 4.79 Å². The molecule has 1 heterocycles. The van der Waals surface area contributed by atoms with Crippen molar-refractivity contribution in [2.45, 2.75) is 45.8 Å². The van der Waals surface area contributed by atoms with Gasteiger partial charge in [0.25, 0.3) is 5.91 Å². The summed E-state index contributed by atoms with van der Waals surface area (Å²) in [6, 6.07) is 13.6. The smallest absolute Gasteiger partial charge is 0.263 e. The first kappa shape index (κ1) is 18.0. The van der Waals surface area contributed by atoms with E-state index in [1.54, 1.807) is 25.1 Å². The minimum absolute atomic E-state index is 0.0689. The summed E-state index contributed by atoms with van der Waals surface area (Å²) in [4.78, 5) is 18.3. The molecule has 1 aromatic carbocycles. The number of nitrogens with zero attached hydrogens (tertiary/aromatic N) is 2. The van der Waals surface area contributed by atoms with Crippen LogP contribution in [0, 0.1) is 0 Å². The summed E-state index contributed by atoms with van der Waals surface area (Å²) in [5.41, 5.74) is 2.19. The van der Waals surface area contributed by atoms with Crippen molar-refractivity contribution in [2.75, 3.05) is 7.05 Å². The Balaban J connectivity index is 1.96. The first-order valence-corrected chi connectivity index (χ1v) is 8.19. The summed E-state index contributed by atoms with van der Waals surface area (Å²) >= 11 is 0. The molecule has 0 bridgehead atoms. The monoisotopic (exact) mass is 326 g/mol. The summed E-state index contributed by atoms with van der Waals surface area (Å²) < 4.78 is 5.79. The lowest BCUT2D eigenvalue weighted by atomic mass is 9.87. The molecule has 0 saturated heterocycles. The van der Waals surface area contributed by atoms with Gasteiger partial charge in [0.15, 0.2) is 6.10 Å². The van der Waals surface area contributed by atoms with E-state index in [2.05, 4.69) is 25.8 Å². The fourth-order valence-corrected chi connectivity index (χ4v) is 2.41. The van der Waals surface area contributed by atoms with E-state index < -0.39 is 6.10 Å². The van der Waals surface area contributed by atoms with E-state index in [1.165, 1.54) is 5.56 Å². The van der Waals surface area contributed by atoms with Crippen molar-refractivity contribution in [1.29, 1.82) is 0 Å². The Morgan fingerprint density at radius 1 is 1.17 bits per heavy atom. The summed E-state index contributed by atoms with van der Waals surface area (Å²) in [6.45, 7) is 8.75. The van der Waals surface area contributed by atoms with Gasteiger partial charge in [-0.3, -0.25) is 9.78 Å². The molecule has 2 aromatic rings. The Morgan fingerprint density at radius 3 is 2.38 bits per heavy atom. The van der Waals surface area contributed by atoms with Gasteiger partial charge in [0, 0.05) is 13.2 Å². The molecule has 0 radical (unpaired) electrons. The number of pyridine rings is 1. The lowest BCUT2D eigenvalue weighted by molar-refractivity contribution is -0.137. The summed E-state index contributed by atoms with van der Waals surface area (Å²) in [6.07, 6.45) is 1.18. The normalized spacial score (nSPS) is 12.5. The quantitative estimate of drug-likeness (QED) is 0.839. The molecule has 0 fully saturated rings. The zero-order valence-corrected chi connectivity index (χ0v) is 15.1. The van der Waals surface area contributed by atoms with E-state index in [1.807, 2.05) is 42.5 Å². The average molecular weight is 326 g/mol. The average Bonchev–Trinajstić information content (AvgIpc) is 2.54. The van der Waals surface area contributed by atoms with Gasteiger partial charge in [0.05, 0.1) is 12.2 Å². The van der Waals surface area contributed by atoms with Crippen LogP contribution in [0.2, 0.25) is 0 Å². The molecule has 0 aliphatic rings. The van der Waals surface area contributed by atoms with Gasteiger partial charge in [0.1, 0.15) is 5.75 Å². The predicted octanol–water partition coefficient (Wildman–Crippen LogP) is 3.81. The Bertz CT molecular complexity index is 660. The summed E-state index contributed by atoms with van der Waals surface area (Å²) in [5, 5.41) is 0. The molecule has 1 aromatic heterocycles. The first-order valence-electron chi connectivity index (χ1n) is 8.19. The number of ether oxygens (including phenoxy) is 1. The zero-order valence-electron chi connectivity index (χ0n) is 15.1. The molecule has 0 N–H and O–H groups in total. The third kappa shape index (κ3) is 4.82. The third-order valence-electron chi connectivity index (χ3n) is 3.88. The molecule has 1 unspecified atom stereocenters. The highest BCUT2D eigenvalue weighted by Crippen LogP contribution is 2.24. The maximum Gasteiger partial charge on any atom is 0.263 e. The largest absolute Gasteiger partial charge is 0.481 e. The van der Waals surface area contributed by atoms with Crippen molar-refractivity contribution < 1.29 is 9.53 Å². The van der Waals surface area contributed by atoms with Gasteiger partial charge >= 0.3 is 0 Å². The van der Waals surface area contributed by atoms with Gasteiger partial charge in [-0.2, -0.15) is 0 Å². The number of carbonyl (C=O) groups excluding carboxylic acids is 1. The van der Waals surface area contributed by atoms with Gasteiger partial charge in [0.2, 0.25) is 0 Å². The van der Waals surface area contributed by atoms with E-state index in [0.717, 1.165) is 5.69 Å². The molecular weight excluding hydrogens is 300 g/mol. The van der Waals surface area contributed by atoms with Crippen molar-refractivity contribution >= 4 is 5.91 Å². The highest BCUT2D eigenvalue weighted by Gasteiger charge is 2.20. The van der Waals surface area contributed by atoms with Gasteiger partial charge < -0.3 is 9.64 Å². The number of rotatable bonds is 5. The molecule has 128 valence electrons. The summed E-state index contributed by atoms with van der Waals surface area (Å²) in [5.74, 6) is 0.635. The molecule has 24 heavy (non-hydrogen) atoms. The van der Waals surface area contributed by atoms with Gasteiger partial charge in [-0.1, -0.05) is 39.0 Å². The van der Waals surface area contributed by atoms with Gasteiger partial charge in [-0.05, 0) is 42.2 Å². The first-order chi connectivity index (χ1) is 11.3. The lowest BCUT2D eigenvalue weighted by Crippen LogP contribution is -2.37. The molecule has 0 aliphatic carbocycles. The number of benzene rings is 1. The Morgan fingerprint density at radius 2 is 1.83 bits per heavy atom. The van der Waals surface area contributed by atoms with Gasteiger partial charge in [-0.25, -0.2) is 0 Å². The number of carbonyl (C=O) groups is 1. The van der Waals surface area contributed by atoms with E-state index >= 15 is 0 Å². The van der Waals surface area contributed by atoms with Crippen LogP contribution in [0.3, 0.4) is 0 Å². The number of likely N-dealkylation sites (N-methyl/N-ethyl adjacent to an activating group) is 1. The zero-order chi connectivity index (χ0) is 17.7. The molecule has 4 heteroatoms. The van der Waals surface area contributed by atoms with E-state index in [0.29, 0.717) is 12.3 Å². The molecule has 1 amide bonds. The third-order valence-corrected chi connectivity index (χ3v) is 3.88. The molecular formula is C20H26N2O2. The number of hydrogen-bond donors (Lipinski definition) is 0. The van der Waals surface area contributed by atoms with Crippen molar-refractivity contribution in [3.63, 3.8) is 0 Å². The highest BCUT2D eigenvalue weighted by atomic mass is 16.5. The molecule has 0 saturated carbocycles. The standard InChI is InChI=1S/C20H26N2O2/c1-15(19(23)22(5)14-17-8-6-7-13-21-17)24-18-11-9-16(10-12-18)20(2,3)4/h6-13,15H,14H2,1-5H3. The van der Waals surface area contributed by atoms with E-state index in [4.69, 9.17) is 4.74 Å². The maximum absolute atomic E-state index is 12.5. The number of amides is 1. The van der Waals surface area contributed by atoms with Crippen LogP contribution >= 0.6 is 0 Å². The Labute approximate surface area is 144 Å². The molecule has 4 nitrogen and oxygen atoms in total. The predicted molar refractivity (Wildman–Crippen MR) is 95.9 cm³/mol. The number of aromatic nitrogens is 1. The van der Waals surface area contributed by atoms with Crippen molar-refractivity contribution in [1.82, 2.24) is 9.88 Å². The van der Waals surface area contributed by atoms with Crippen LogP contribution < -0.4 is 4.74 Å². The Kier molecular flexibility index (Phi) is 5.60. The fourth-order valence-electron chi connectivity index (χ4n) is 2.41. The molecule has 1 atom stereocenters. The van der Waals surface area contributed by atoms with Gasteiger partial charge in [-0.15, -0.1) is 0 Å². The van der Waals surface area contributed by atoms with Crippen LogP contribution in [0.15, 0.2) is 48.7 Å². The minimum atomic E-state index is -0.542. The summed E-state index contributed by atoms with van der Waals surface area (Å²) in [7, 11) is 1.76. The lowest BCUT2D eigenvalue weighted by Gasteiger charge is -2.23. The van der Waals surface area contributed by atoms with Crippen LogP contribution in [0.1, 0.15) is 39.0 Å². The van der Waals surface area contributed by atoms with Crippen molar-refractivity contribution in [3.8, 4) is 5.75 Å². The topological polar surface area (TPSA) is 42.4 Å². The highest BCUT2D eigenvalue weighted by molar-refractivity contribution is 5.80. The van der Waals surface area contributed by atoms with Crippen LogP contribution in [-0.4, -0.2) is 28.9 Å². The fraction of sp³-hybridized carbons (Fsp3) is 0.400. The molecule has 0 spiro atoms. The van der Waals surface area contributed by atoms with Crippen molar-refractivity contribution in [2.24, 2.45) is 0 Å². The number of hydrogen-bond acceptors (Lipinski definition) is 3. The Hall–Kier alpha value is -2.36. The second-order valence-electron chi connectivity index (χ2n) is 7.05. The van der Waals surface area contributed by atoms with Crippen LogP contribution in [0.4, 0.5) is 0 Å². The maximum atomic E-state index is 12.5. The van der Waals surface area contributed by atoms with E-state index in [-0.39, 0.29) is 11.3 Å². The van der Waals surface area contributed by atoms with Crippen LogP contribution in [0.25, 0.3) is 0 Å².